The standard InChI is InChI=1S/C30H26N3.C14H26O2.Ir/c1-30(2,3)17-20-10-7-13-23-21(20)12-8-14-24(23)26-29-27(32-18-31-26)25-16-15-19-9-5-6-11-22(19)28(25)33(29)4;1-6-11(7-2)13(15)10(5)14(16)12(8-3)9-4;/h5-13,15-16,18H,17H2,1-4H3;11-12,15H,6-9H2,1-5H3;/q-1;;/b;13-10-;. The van der Waals surface area contributed by atoms with Crippen LogP contribution in [0.15, 0.2) is 84.4 Å². The number of hydrogen-bond donors (Lipinski definition) is 1. The first-order chi connectivity index (χ1) is 23.4. The van der Waals surface area contributed by atoms with Crippen LogP contribution in [-0.4, -0.2) is 25.4 Å². The van der Waals surface area contributed by atoms with E-state index in [1.807, 2.05) is 33.8 Å². The molecule has 2 aromatic heterocycles. The molecule has 0 aliphatic carbocycles. The number of rotatable bonds is 9. The summed E-state index contributed by atoms with van der Waals surface area (Å²) < 4.78 is 2.26. The number of carbonyl (C=O) groups excluding carboxylic acids is 1. The molecular formula is C44H52IrN3O2-. The molecular weight excluding hydrogens is 795 g/mol. The van der Waals surface area contributed by atoms with Crippen molar-refractivity contribution in [2.24, 2.45) is 24.3 Å². The summed E-state index contributed by atoms with van der Waals surface area (Å²) in [6, 6.07) is 27.2. The van der Waals surface area contributed by atoms with Crippen LogP contribution < -0.4 is 0 Å². The molecule has 0 aliphatic heterocycles. The summed E-state index contributed by atoms with van der Waals surface area (Å²) >= 11 is 0. The molecule has 6 aromatic rings. The van der Waals surface area contributed by atoms with Gasteiger partial charge in [-0.25, -0.2) is 4.98 Å². The normalized spacial score (nSPS) is 12.4. The van der Waals surface area contributed by atoms with Gasteiger partial charge in [0.05, 0.1) is 16.6 Å². The van der Waals surface area contributed by atoms with Gasteiger partial charge in [-0.05, 0) is 49.8 Å². The Morgan fingerprint density at radius 1 is 0.800 bits per heavy atom. The van der Waals surface area contributed by atoms with Crippen molar-refractivity contribution in [3.8, 4) is 11.3 Å². The minimum atomic E-state index is 0. The van der Waals surface area contributed by atoms with Crippen LogP contribution in [0.1, 0.15) is 86.6 Å². The summed E-state index contributed by atoms with van der Waals surface area (Å²) in [6.07, 6.45) is 6.18. The smallest absolute Gasteiger partial charge is 0.164 e. The molecule has 5 nitrogen and oxygen atoms in total. The first kappa shape index (κ1) is 38.9. The van der Waals surface area contributed by atoms with E-state index >= 15 is 0 Å². The first-order valence-electron chi connectivity index (χ1n) is 17.9. The summed E-state index contributed by atoms with van der Waals surface area (Å²) in [5.41, 5.74) is 7.34. The van der Waals surface area contributed by atoms with Crippen molar-refractivity contribution in [1.29, 1.82) is 0 Å². The molecule has 4 aromatic carbocycles. The van der Waals surface area contributed by atoms with Crippen LogP contribution in [0.25, 0.3) is 54.7 Å². The Bertz CT molecular complexity index is 2150. The molecule has 0 atom stereocenters. The number of nitrogens with zero attached hydrogens (tertiary/aromatic N) is 3. The number of hydrogen-bond acceptors (Lipinski definition) is 4. The molecule has 0 unspecified atom stereocenters. The molecule has 0 bridgehead atoms. The van der Waals surface area contributed by atoms with Crippen molar-refractivity contribution in [1.82, 2.24) is 14.5 Å². The van der Waals surface area contributed by atoms with Gasteiger partial charge in [0.25, 0.3) is 0 Å². The van der Waals surface area contributed by atoms with Crippen LogP contribution in [0.5, 0.6) is 0 Å². The average Bonchev–Trinajstić information content (AvgIpc) is 3.40. The zero-order valence-corrected chi connectivity index (χ0v) is 33.5. The third-order valence-corrected chi connectivity index (χ3v) is 10.0. The fraction of sp³-hybridized carbons (Fsp3) is 0.386. The van der Waals surface area contributed by atoms with Crippen molar-refractivity contribution in [3.05, 3.63) is 96.0 Å². The molecule has 0 spiro atoms. The van der Waals surface area contributed by atoms with Crippen molar-refractivity contribution in [2.45, 2.75) is 87.5 Å². The molecule has 265 valence electrons. The van der Waals surface area contributed by atoms with Gasteiger partial charge >= 0.3 is 0 Å². The zero-order valence-electron chi connectivity index (χ0n) is 31.1. The second-order valence-corrected chi connectivity index (χ2v) is 14.5. The molecule has 6 heteroatoms. The van der Waals surface area contributed by atoms with Crippen LogP contribution in [0.4, 0.5) is 0 Å². The van der Waals surface area contributed by atoms with Crippen LogP contribution in [-0.2, 0) is 38.4 Å². The summed E-state index contributed by atoms with van der Waals surface area (Å²) in [6.45, 7) is 16.7. The SMILES string of the molecule is CCC(CC)C(=O)/C(C)=C(\O)C(CC)CC.Cn1c2c(-c3[c-]ccc4c(CC(C)(C)C)cccc34)ncnc2c2ccc3ccccc3c21.[Ir]. The fourth-order valence-corrected chi connectivity index (χ4v) is 7.30. The Morgan fingerprint density at radius 2 is 1.46 bits per heavy atom. The van der Waals surface area contributed by atoms with Crippen molar-refractivity contribution >= 4 is 49.3 Å². The molecule has 6 rings (SSSR count). The van der Waals surface area contributed by atoms with Gasteiger partial charge < -0.3 is 9.67 Å². The van der Waals surface area contributed by atoms with Gasteiger partial charge in [-0.2, -0.15) is 0 Å². The number of Topliss-reactive ketones (excluding diaryl/α,β-unsaturated/α-hetero) is 1. The van der Waals surface area contributed by atoms with Gasteiger partial charge in [-0.3, -0.25) is 9.78 Å². The minimum absolute atomic E-state index is 0. The Morgan fingerprint density at radius 3 is 2.12 bits per heavy atom. The number of aromatic nitrogens is 3. The predicted molar refractivity (Wildman–Crippen MR) is 207 cm³/mol. The summed E-state index contributed by atoms with van der Waals surface area (Å²) in [4.78, 5) is 21.6. The predicted octanol–water partition coefficient (Wildman–Crippen LogP) is 11.7. The largest absolute Gasteiger partial charge is 0.512 e. The minimum Gasteiger partial charge on any atom is -0.512 e. The van der Waals surface area contributed by atoms with Crippen molar-refractivity contribution in [3.63, 3.8) is 0 Å². The summed E-state index contributed by atoms with van der Waals surface area (Å²) in [5, 5.41) is 16.1. The van der Waals surface area contributed by atoms with Gasteiger partial charge in [0.15, 0.2) is 5.78 Å². The monoisotopic (exact) mass is 847 g/mol. The number of allylic oxidation sites excluding steroid dienone is 2. The van der Waals surface area contributed by atoms with Gasteiger partial charge in [0.2, 0.25) is 0 Å². The molecule has 0 aliphatic rings. The van der Waals surface area contributed by atoms with E-state index in [1.54, 1.807) is 13.3 Å². The van der Waals surface area contributed by atoms with Gasteiger partial charge in [0, 0.05) is 61.0 Å². The molecule has 0 saturated heterocycles. The third-order valence-electron chi connectivity index (χ3n) is 10.0. The Hall–Kier alpha value is -3.86. The average molecular weight is 847 g/mol. The van der Waals surface area contributed by atoms with Crippen LogP contribution in [0.3, 0.4) is 0 Å². The number of aryl methyl sites for hydroxylation is 1. The maximum atomic E-state index is 12.1. The molecule has 1 radical (unpaired) electrons. The molecule has 0 saturated carbocycles. The van der Waals surface area contributed by atoms with Gasteiger partial charge in [-0.1, -0.05) is 119 Å². The van der Waals surface area contributed by atoms with E-state index in [4.69, 9.17) is 9.97 Å². The van der Waals surface area contributed by atoms with E-state index in [9.17, 15) is 9.90 Å². The zero-order chi connectivity index (χ0) is 35.5. The molecule has 50 heavy (non-hydrogen) atoms. The quantitative estimate of drug-likeness (QED) is 0.0894. The van der Waals surface area contributed by atoms with E-state index in [0.29, 0.717) is 11.3 Å². The number of carbonyl (C=O) groups is 1. The van der Waals surface area contributed by atoms with Crippen LogP contribution >= 0.6 is 0 Å². The molecule has 1 N–H and O–H groups in total. The van der Waals surface area contributed by atoms with E-state index in [-0.39, 0.29) is 43.1 Å². The van der Waals surface area contributed by atoms with E-state index in [1.165, 1.54) is 32.6 Å². The third kappa shape index (κ3) is 7.72. The molecule has 0 fully saturated rings. The summed E-state index contributed by atoms with van der Waals surface area (Å²) in [7, 11) is 2.13. The second-order valence-electron chi connectivity index (χ2n) is 14.5. The second kappa shape index (κ2) is 16.4. The molecule has 2 heterocycles. The Labute approximate surface area is 311 Å². The van der Waals surface area contributed by atoms with Crippen molar-refractivity contribution < 1.29 is 30.0 Å². The van der Waals surface area contributed by atoms with Gasteiger partial charge in [0.1, 0.15) is 12.1 Å². The first-order valence-corrected chi connectivity index (χ1v) is 17.9. The maximum absolute atomic E-state index is 12.1. The van der Waals surface area contributed by atoms with Crippen LogP contribution in [0, 0.1) is 23.3 Å². The number of aliphatic hydroxyl groups is 1. The van der Waals surface area contributed by atoms with E-state index in [0.717, 1.165) is 59.8 Å². The van der Waals surface area contributed by atoms with Gasteiger partial charge in [-0.15, -0.1) is 23.8 Å². The Balaban J connectivity index is 0.000000284. The Kier molecular flexibility index (Phi) is 12.8. The summed E-state index contributed by atoms with van der Waals surface area (Å²) in [5.74, 6) is 0.631. The van der Waals surface area contributed by atoms with E-state index in [2.05, 4.69) is 99.1 Å². The van der Waals surface area contributed by atoms with Crippen molar-refractivity contribution in [2.75, 3.05) is 0 Å². The topological polar surface area (TPSA) is 68.0 Å². The van der Waals surface area contributed by atoms with E-state index < -0.39 is 0 Å². The molecule has 0 amide bonds. The fourth-order valence-electron chi connectivity index (χ4n) is 7.30. The number of benzene rings is 4. The number of ketones is 1. The van der Waals surface area contributed by atoms with Crippen LogP contribution in [0.2, 0.25) is 0 Å². The maximum Gasteiger partial charge on any atom is 0.164 e. The number of fused-ring (bicyclic) bond motifs is 6. The number of aliphatic hydroxyl groups excluding tert-OH is 1.